The van der Waals surface area contributed by atoms with E-state index in [1.54, 1.807) is 7.11 Å². The molecule has 21 heavy (non-hydrogen) atoms. The van der Waals surface area contributed by atoms with Crippen molar-refractivity contribution in [3.63, 3.8) is 0 Å². The molecule has 0 aliphatic carbocycles. The van der Waals surface area contributed by atoms with E-state index in [1.807, 2.05) is 38.2 Å². The van der Waals surface area contributed by atoms with Crippen LogP contribution in [0.3, 0.4) is 0 Å². The van der Waals surface area contributed by atoms with E-state index in [0.717, 1.165) is 41.5 Å². The van der Waals surface area contributed by atoms with Gasteiger partial charge in [-0.25, -0.2) is 4.98 Å². The summed E-state index contributed by atoms with van der Waals surface area (Å²) in [5.41, 5.74) is 0.896. The Bertz CT molecular complexity index is 597. The van der Waals surface area contributed by atoms with Gasteiger partial charge in [-0.2, -0.15) is 4.98 Å². The third kappa shape index (κ3) is 3.62. The lowest BCUT2D eigenvalue weighted by Crippen LogP contribution is -2.05. The van der Waals surface area contributed by atoms with Gasteiger partial charge in [0, 0.05) is 13.5 Å². The highest BCUT2D eigenvalue weighted by molar-refractivity contribution is 5.49. The molecule has 0 spiro atoms. The number of rotatable bonds is 6. The predicted octanol–water partition coefficient (Wildman–Crippen LogP) is 3.58. The molecule has 0 fully saturated rings. The lowest BCUT2D eigenvalue weighted by molar-refractivity contribution is 0.411. The minimum Gasteiger partial charge on any atom is -0.497 e. The summed E-state index contributed by atoms with van der Waals surface area (Å²) in [6.45, 7) is 4.05. The zero-order valence-electron chi connectivity index (χ0n) is 12.9. The van der Waals surface area contributed by atoms with E-state index in [1.165, 1.54) is 0 Å². The van der Waals surface area contributed by atoms with Crippen LogP contribution in [0.4, 0.5) is 5.82 Å². The number of aromatic nitrogens is 2. The Balaban J connectivity index is 2.30. The van der Waals surface area contributed by atoms with Gasteiger partial charge in [0.05, 0.1) is 12.7 Å². The van der Waals surface area contributed by atoms with Gasteiger partial charge in [-0.15, -0.1) is 0 Å². The zero-order chi connectivity index (χ0) is 15.2. The fraction of sp³-hybridized carbons (Fsp3) is 0.375. The van der Waals surface area contributed by atoms with Gasteiger partial charge in [0.1, 0.15) is 23.1 Å². The molecule has 0 aliphatic rings. The third-order valence-corrected chi connectivity index (χ3v) is 3.13. The maximum absolute atomic E-state index is 5.89. The van der Waals surface area contributed by atoms with E-state index >= 15 is 0 Å². The van der Waals surface area contributed by atoms with Crippen LogP contribution in [-0.4, -0.2) is 24.1 Å². The monoisotopic (exact) mass is 287 g/mol. The molecule has 5 heteroatoms. The van der Waals surface area contributed by atoms with Crippen LogP contribution < -0.4 is 14.8 Å². The average Bonchev–Trinajstić information content (AvgIpc) is 2.51. The van der Waals surface area contributed by atoms with Crippen LogP contribution in [0.25, 0.3) is 0 Å². The first-order valence-corrected chi connectivity index (χ1v) is 7.05. The van der Waals surface area contributed by atoms with Gasteiger partial charge < -0.3 is 14.8 Å². The zero-order valence-corrected chi connectivity index (χ0v) is 12.9. The molecule has 0 atom stereocenters. The van der Waals surface area contributed by atoms with Crippen molar-refractivity contribution in [2.24, 2.45) is 0 Å². The van der Waals surface area contributed by atoms with E-state index in [0.29, 0.717) is 5.88 Å². The lowest BCUT2D eigenvalue weighted by Gasteiger charge is -2.13. The molecule has 1 aromatic heterocycles. The Kier molecular flexibility index (Phi) is 4.98. The Labute approximate surface area is 125 Å². The first-order valence-electron chi connectivity index (χ1n) is 7.05. The van der Waals surface area contributed by atoms with E-state index in [4.69, 9.17) is 9.47 Å². The summed E-state index contributed by atoms with van der Waals surface area (Å²) < 4.78 is 11.0. The highest BCUT2D eigenvalue weighted by Crippen LogP contribution is 2.28. The summed E-state index contributed by atoms with van der Waals surface area (Å²) in [7, 11) is 3.49. The molecule has 2 aromatic rings. The van der Waals surface area contributed by atoms with Crippen LogP contribution in [0.15, 0.2) is 24.3 Å². The summed E-state index contributed by atoms with van der Waals surface area (Å²) in [6, 6.07) is 7.44. The normalized spacial score (nSPS) is 10.3. The number of ether oxygens (including phenoxy) is 2. The number of hydrogen-bond donors (Lipinski definition) is 1. The number of anilines is 1. The smallest absolute Gasteiger partial charge is 0.227 e. The Morgan fingerprint density at radius 1 is 1.10 bits per heavy atom. The van der Waals surface area contributed by atoms with E-state index < -0.39 is 0 Å². The number of nitrogens with one attached hydrogen (secondary N) is 1. The maximum Gasteiger partial charge on any atom is 0.227 e. The summed E-state index contributed by atoms with van der Waals surface area (Å²) in [5.74, 6) is 3.70. The van der Waals surface area contributed by atoms with Gasteiger partial charge in [0.25, 0.3) is 0 Å². The minimum absolute atomic E-state index is 0.586. The molecule has 0 saturated carbocycles. The van der Waals surface area contributed by atoms with Crippen molar-refractivity contribution in [1.82, 2.24) is 9.97 Å². The first-order chi connectivity index (χ1) is 10.2. The molecule has 0 unspecified atom stereocenters. The molecule has 5 nitrogen and oxygen atoms in total. The van der Waals surface area contributed by atoms with Gasteiger partial charge in [-0.1, -0.05) is 6.92 Å². The van der Waals surface area contributed by atoms with Crippen LogP contribution in [0.5, 0.6) is 17.4 Å². The fourth-order valence-electron chi connectivity index (χ4n) is 1.97. The van der Waals surface area contributed by atoms with Gasteiger partial charge in [0.15, 0.2) is 0 Å². The second-order valence-corrected chi connectivity index (χ2v) is 4.70. The molecule has 0 saturated heterocycles. The first kappa shape index (κ1) is 15.1. The summed E-state index contributed by atoms with van der Waals surface area (Å²) in [4.78, 5) is 8.99. The van der Waals surface area contributed by atoms with E-state index in [9.17, 15) is 0 Å². The van der Waals surface area contributed by atoms with Crippen molar-refractivity contribution in [1.29, 1.82) is 0 Å². The second-order valence-electron chi connectivity index (χ2n) is 4.70. The third-order valence-electron chi connectivity index (χ3n) is 3.13. The van der Waals surface area contributed by atoms with Gasteiger partial charge in [0.2, 0.25) is 5.88 Å². The highest BCUT2D eigenvalue weighted by atomic mass is 16.5. The van der Waals surface area contributed by atoms with E-state index in [2.05, 4.69) is 22.2 Å². The molecule has 0 radical (unpaired) electrons. The average molecular weight is 287 g/mol. The summed E-state index contributed by atoms with van der Waals surface area (Å²) in [5, 5.41) is 3.09. The second kappa shape index (κ2) is 6.92. The Morgan fingerprint density at radius 2 is 1.76 bits per heavy atom. The molecule has 112 valence electrons. The quantitative estimate of drug-likeness (QED) is 0.880. The van der Waals surface area contributed by atoms with Crippen LogP contribution in [0, 0.1) is 6.92 Å². The van der Waals surface area contributed by atoms with Crippen molar-refractivity contribution in [3.05, 3.63) is 35.7 Å². The molecular formula is C16H21N3O2. The van der Waals surface area contributed by atoms with Crippen LogP contribution in [0.2, 0.25) is 0 Å². The Morgan fingerprint density at radius 3 is 2.33 bits per heavy atom. The number of aryl methyl sites for hydroxylation is 1. The molecule has 1 aromatic carbocycles. The summed E-state index contributed by atoms with van der Waals surface area (Å²) >= 11 is 0. The number of methoxy groups -OCH3 is 1. The largest absolute Gasteiger partial charge is 0.497 e. The van der Waals surface area contributed by atoms with Gasteiger partial charge >= 0.3 is 0 Å². The van der Waals surface area contributed by atoms with Crippen molar-refractivity contribution in [3.8, 4) is 17.4 Å². The number of benzene rings is 1. The standard InChI is InChI=1S/C16H21N3O2/c1-5-6-14-18-15(17-3)11(2)16(19-14)21-13-9-7-12(20-4)8-10-13/h7-10H,5-6H2,1-4H3,(H,17,18,19). The molecule has 0 aliphatic heterocycles. The van der Waals surface area contributed by atoms with Crippen LogP contribution in [0.1, 0.15) is 24.7 Å². The topological polar surface area (TPSA) is 56.3 Å². The molecule has 2 rings (SSSR count). The Hall–Kier alpha value is -2.30. The predicted molar refractivity (Wildman–Crippen MR) is 83.4 cm³/mol. The highest BCUT2D eigenvalue weighted by Gasteiger charge is 2.12. The molecule has 1 heterocycles. The van der Waals surface area contributed by atoms with Crippen LogP contribution in [-0.2, 0) is 6.42 Å². The van der Waals surface area contributed by atoms with Gasteiger partial charge in [-0.05, 0) is 37.6 Å². The van der Waals surface area contributed by atoms with Crippen molar-refractivity contribution >= 4 is 5.82 Å². The van der Waals surface area contributed by atoms with Crippen molar-refractivity contribution in [2.45, 2.75) is 26.7 Å². The molecular weight excluding hydrogens is 266 g/mol. The van der Waals surface area contributed by atoms with Gasteiger partial charge in [-0.3, -0.25) is 0 Å². The van der Waals surface area contributed by atoms with Crippen molar-refractivity contribution < 1.29 is 9.47 Å². The molecule has 1 N–H and O–H groups in total. The SMILES string of the molecule is CCCc1nc(NC)c(C)c(Oc2ccc(OC)cc2)n1. The van der Waals surface area contributed by atoms with Crippen LogP contribution >= 0.6 is 0 Å². The summed E-state index contributed by atoms with van der Waals surface area (Å²) in [6.07, 6.45) is 1.82. The minimum atomic E-state index is 0.586. The fourth-order valence-corrected chi connectivity index (χ4v) is 1.97. The lowest BCUT2D eigenvalue weighted by atomic mass is 10.2. The van der Waals surface area contributed by atoms with E-state index in [-0.39, 0.29) is 0 Å². The molecule has 0 amide bonds. The van der Waals surface area contributed by atoms with Crippen molar-refractivity contribution in [2.75, 3.05) is 19.5 Å². The maximum atomic E-state index is 5.89. The number of hydrogen-bond acceptors (Lipinski definition) is 5. The number of nitrogens with zero attached hydrogens (tertiary/aromatic N) is 2. The molecule has 0 bridgehead atoms.